The summed E-state index contributed by atoms with van der Waals surface area (Å²) in [6.45, 7) is 0.0631. The minimum absolute atomic E-state index is 0.0631. The first-order chi connectivity index (χ1) is 8.70. The molecule has 1 aliphatic rings. The highest BCUT2D eigenvalue weighted by Crippen LogP contribution is 2.31. The first-order valence-corrected chi connectivity index (χ1v) is 7.26. The van der Waals surface area contributed by atoms with Gasteiger partial charge in [-0.1, -0.05) is 41.3 Å². The van der Waals surface area contributed by atoms with Gasteiger partial charge in [-0.25, -0.2) is 4.39 Å². The quantitative estimate of drug-likeness (QED) is 0.868. The normalized spacial score (nSPS) is 18.1. The Morgan fingerprint density at radius 2 is 2.06 bits per heavy atom. The molecule has 1 saturated carbocycles. The van der Waals surface area contributed by atoms with E-state index in [4.69, 9.17) is 0 Å². The summed E-state index contributed by atoms with van der Waals surface area (Å²) in [5.41, 5.74) is 1.84. The highest BCUT2D eigenvalue weighted by molar-refractivity contribution is 9.10. The molecule has 1 aromatic rings. The van der Waals surface area contributed by atoms with Crippen LogP contribution in [0.5, 0.6) is 0 Å². The van der Waals surface area contributed by atoms with Gasteiger partial charge in [0.25, 0.3) is 0 Å². The number of hydrogen-bond donors (Lipinski definition) is 1. The smallest absolute Gasteiger partial charge is 0.123 e. The van der Waals surface area contributed by atoms with Crippen molar-refractivity contribution in [2.24, 2.45) is 5.92 Å². The first kappa shape index (κ1) is 13.8. The molecule has 2 rings (SSSR count). The molecule has 1 aliphatic carbocycles. The highest BCUT2D eigenvalue weighted by atomic mass is 79.9. The van der Waals surface area contributed by atoms with Crippen LogP contribution in [0.4, 0.5) is 4.39 Å². The summed E-state index contributed by atoms with van der Waals surface area (Å²) in [5, 5.41) is 9.52. The summed E-state index contributed by atoms with van der Waals surface area (Å²) >= 11 is 3.42. The van der Waals surface area contributed by atoms with Crippen LogP contribution in [0.25, 0.3) is 6.08 Å². The van der Waals surface area contributed by atoms with E-state index < -0.39 is 0 Å². The van der Waals surface area contributed by atoms with Crippen molar-refractivity contribution in [1.29, 1.82) is 0 Å². The minimum Gasteiger partial charge on any atom is -0.392 e. The fourth-order valence-electron chi connectivity index (χ4n) is 2.59. The van der Waals surface area contributed by atoms with Crippen molar-refractivity contribution < 1.29 is 9.50 Å². The van der Waals surface area contributed by atoms with Crippen LogP contribution in [0.15, 0.2) is 28.2 Å². The average molecular weight is 313 g/mol. The van der Waals surface area contributed by atoms with Gasteiger partial charge in [0.2, 0.25) is 0 Å². The van der Waals surface area contributed by atoms with Gasteiger partial charge in [0, 0.05) is 4.47 Å². The molecule has 1 N–H and O–H groups in total. The Kier molecular flexibility index (Phi) is 4.95. The second kappa shape index (κ2) is 6.48. The van der Waals surface area contributed by atoms with E-state index in [2.05, 4.69) is 15.9 Å². The Balaban J connectivity index is 2.24. The van der Waals surface area contributed by atoms with Crippen LogP contribution in [-0.2, 0) is 0 Å². The molecule has 1 fully saturated rings. The van der Waals surface area contributed by atoms with E-state index in [0.29, 0.717) is 5.92 Å². The van der Waals surface area contributed by atoms with Gasteiger partial charge in [0.1, 0.15) is 5.82 Å². The predicted molar refractivity (Wildman–Crippen MR) is 75.7 cm³/mol. The zero-order valence-corrected chi connectivity index (χ0v) is 11.9. The van der Waals surface area contributed by atoms with Gasteiger partial charge in [0.05, 0.1) is 6.61 Å². The fraction of sp³-hybridized carbons (Fsp3) is 0.467. The lowest BCUT2D eigenvalue weighted by Gasteiger charge is -2.23. The maximum absolute atomic E-state index is 13.2. The SMILES string of the molecule is OC/C(=C/c1cc(F)ccc1Br)C1CCCCC1. The third-order valence-electron chi connectivity index (χ3n) is 3.61. The lowest BCUT2D eigenvalue weighted by Crippen LogP contribution is -2.11. The Bertz CT molecular complexity index is 436. The van der Waals surface area contributed by atoms with E-state index in [-0.39, 0.29) is 12.4 Å². The minimum atomic E-state index is -0.245. The molecular formula is C15H18BrFO. The van der Waals surface area contributed by atoms with Gasteiger partial charge in [0.15, 0.2) is 0 Å². The number of hydrogen-bond acceptors (Lipinski definition) is 1. The van der Waals surface area contributed by atoms with Gasteiger partial charge in [-0.15, -0.1) is 0 Å². The molecular weight excluding hydrogens is 295 g/mol. The maximum atomic E-state index is 13.2. The lowest BCUT2D eigenvalue weighted by molar-refractivity contribution is 0.295. The summed E-state index contributed by atoms with van der Waals surface area (Å²) in [5.74, 6) is 0.212. The number of aliphatic hydroxyl groups is 1. The molecule has 98 valence electrons. The molecule has 0 heterocycles. The van der Waals surface area contributed by atoms with Gasteiger partial charge in [-0.3, -0.25) is 0 Å². The fourth-order valence-corrected chi connectivity index (χ4v) is 2.95. The summed E-state index contributed by atoms with van der Waals surface area (Å²) in [6.07, 6.45) is 7.96. The molecule has 18 heavy (non-hydrogen) atoms. The number of halogens is 2. The van der Waals surface area contributed by atoms with Crippen LogP contribution in [0, 0.1) is 11.7 Å². The number of rotatable bonds is 3. The standard InChI is InChI=1S/C15H18BrFO/c16-15-7-6-14(17)9-12(15)8-13(10-18)11-4-2-1-3-5-11/h6-9,11,18H,1-5,10H2/b13-8-. The maximum Gasteiger partial charge on any atom is 0.123 e. The Morgan fingerprint density at radius 3 is 2.72 bits per heavy atom. The topological polar surface area (TPSA) is 20.2 Å². The molecule has 0 bridgehead atoms. The molecule has 0 radical (unpaired) electrons. The molecule has 1 aromatic carbocycles. The molecule has 0 unspecified atom stereocenters. The van der Waals surface area contributed by atoms with E-state index in [1.165, 1.54) is 31.4 Å². The molecule has 0 spiro atoms. The summed E-state index contributed by atoms with van der Waals surface area (Å²) in [6, 6.07) is 4.64. The van der Waals surface area contributed by atoms with E-state index in [9.17, 15) is 9.50 Å². The Labute approximate surface area is 116 Å². The summed E-state index contributed by atoms with van der Waals surface area (Å²) in [7, 11) is 0. The lowest BCUT2D eigenvalue weighted by atomic mass is 9.83. The Morgan fingerprint density at radius 1 is 1.33 bits per heavy atom. The summed E-state index contributed by atoms with van der Waals surface area (Å²) < 4.78 is 14.1. The zero-order chi connectivity index (χ0) is 13.0. The number of aliphatic hydroxyl groups excluding tert-OH is 1. The molecule has 3 heteroatoms. The second-order valence-electron chi connectivity index (χ2n) is 4.88. The van der Waals surface area contributed by atoms with Crippen LogP contribution >= 0.6 is 15.9 Å². The van der Waals surface area contributed by atoms with Gasteiger partial charge >= 0.3 is 0 Å². The van der Waals surface area contributed by atoms with Crippen molar-refractivity contribution in [1.82, 2.24) is 0 Å². The van der Waals surface area contributed by atoms with Gasteiger partial charge < -0.3 is 5.11 Å². The zero-order valence-electron chi connectivity index (χ0n) is 10.3. The highest BCUT2D eigenvalue weighted by Gasteiger charge is 2.17. The second-order valence-corrected chi connectivity index (χ2v) is 5.73. The molecule has 0 atom stereocenters. The number of benzene rings is 1. The van der Waals surface area contributed by atoms with E-state index in [1.54, 1.807) is 6.07 Å². The van der Waals surface area contributed by atoms with Crippen molar-refractivity contribution in [2.75, 3.05) is 6.61 Å². The van der Waals surface area contributed by atoms with E-state index >= 15 is 0 Å². The van der Waals surface area contributed by atoms with Crippen LogP contribution in [0.3, 0.4) is 0 Å². The van der Waals surface area contributed by atoms with Gasteiger partial charge in [-0.2, -0.15) is 0 Å². The monoisotopic (exact) mass is 312 g/mol. The Hall–Kier alpha value is -0.670. The largest absolute Gasteiger partial charge is 0.392 e. The predicted octanol–water partition coefficient (Wildman–Crippen LogP) is 4.54. The molecule has 0 amide bonds. The van der Waals surface area contributed by atoms with Gasteiger partial charge in [-0.05, 0) is 48.1 Å². The van der Waals surface area contributed by atoms with Crippen LogP contribution in [0.1, 0.15) is 37.7 Å². The molecule has 0 aliphatic heterocycles. The van der Waals surface area contributed by atoms with Crippen LogP contribution < -0.4 is 0 Å². The first-order valence-electron chi connectivity index (χ1n) is 6.47. The molecule has 1 nitrogen and oxygen atoms in total. The van der Waals surface area contributed by atoms with E-state index in [1.807, 2.05) is 6.08 Å². The summed E-state index contributed by atoms with van der Waals surface area (Å²) in [4.78, 5) is 0. The third kappa shape index (κ3) is 3.42. The van der Waals surface area contributed by atoms with E-state index in [0.717, 1.165) is 28.5 Å². The van der Waals surface area contributed by atoms with Crippen molar-refractivity contribution in [3.63, 3.8) is 0 Å². The average Bonchev–Trinajstić information content (AvgIpc) is 2.41. The molecule has 0 saturated heterocycles. The van der Waals surface area contributed by atoms with Crippen molar-refractivity contribution in [3.8, 4) is 0 Å². The van der Waals surface area contributed by atoms with Crippen LogP contribution in [0.2, 0.25) is 0 Å². The van der Waals surface area contributed by atoms with Crippen LogP contribution in [-0.4, -0.2) is 11.7 Å². The van der Waals surface area contributed by atoms with Crippen molar-refractivity contribution in [2.45, 2.75) is 32.1 Å². The molecule has 0 aromatic heterocycles. The van der Waals surface area contributed by atoms with Crippen molar-refractivity contribution >= 4 is 22.0 Å². The van der Waals surface area contributed by atoms with Crippen molar-refractivity contribution in [3.05, 3.63) is 39.6 Å². The third-order valence-corrected chi connectivity index (χ3v) is 4.33.